The molecule has 0 aliphatic carbocycles. The average molecular weight is 302 g/mol. The van der Waals surface area contributed by atoms with Crippen molar-refractivity contribution in [2.24, 2.45) is 0 Å². The van der Waals surface area contributed by atoms with Crippen molar-refractivity contribution in [2.75, 3.05) is 6.61 Å². The number of carbonyl (C=O) groups is 2. The molecule has 0 spiro atoms. The van der Waals surface area contributed by atoms with Gasteiger partial charge in [0, 0.05) is 0 Å². The van der Waals surface area contributed by atoms with Crippen LogP contribution in [0.15, 0.2) is 24.3 Å². The lowest BCUT2D eigenvalue weighted by molar-refractivity contribution is -0.136. The van der Waals surface area contributed by atoms with E-state index >= 15 is 0 Å². The highest BCUT2D eigenvalue weighted by atomic mass is 31.2. The second kappa shape index (κ2) is 7.07. The molecule has 0 amide bonds. The zero-order valence-electron chi connectivity index (χ0n) is 10.8. The Morgan fingerprint density at radius 3 is 2.55 bits per heavy atom. The van der Waals surface area contributed by atoms with Crippen molar-refractivity contribution < 1.29 is 33.4 Å². The van der Waals surface area contributed by atoms with Crippen molar-refractivity contribution in [3.05, 3.63) is 29.8 Å². The SMILES string of the molecule is CCCOC(=O)OP(=O)(O)c1ccccc1CC(=O)O. The minimum atomic E-state index is -4.47. The third-order valence-electron chi connectivity index (χ3n) is 2.26. The van der Waals surface area contributed by atoms with Crippen LogP contribution in [0.2, 0.25) is 0 Å². The summed E-state index contributed by atoms with van der Waals surface area (Å²) >= 11 is 0. The first kappa shape index (κ1) is 16.2. The van der Waals surface area contributed by atoms with E-state index in [-0.39, 0.29) is 17.5 Å². The maximum Gasteiger partial charge on any atom is 0.515 e. The first-order valence-corrected chi connectivity index (χ1v) is 7.44. The van der Waals surface area contributed by atoms with Crippen molar-refractivity contribution in [3.8, 4) is 0 Å². The summed E-state index contributed by atoms with van der Waals surface area (Å²) in [5, 5.41) is 8.53. The highest BCUT2D eigenvalue weighted by Gasteiger charge is 2.31. The van der Waals surface area contributed by atoms with Gasteiger partial charge in [0.15, 0.2) is 0 Å². The van der Waals surface area contributed by atoms with Gasteiger partial charge in [-0.3, -0.25) is 4.79 Å². The monoisotopic (exact) mass is 302 g/mol. The largest absolute Gasteiger partial charge is 0.515 e. The molecular weight excluding hydrogens is 287 g/mol. The number of carboxylic acids is 1. The smallest absolute Gasteiger partial charge is 0.481 e. The van der Waals surface area contributed by atoms with Crippen LogP contribution in [0, 0.1) is 0 Å². The molecule has 0 heterocycles. The van der Waals surface area contributed by atoms with Crippen molar-refractivity contribution in [3.63, 3.8) is 0 Å². The first-order chi connectivity index (χ1) is 9.36. The van der Waals surface area contributed by atoms with Crippen molar-refractivity contribution in [1.82, 2.24) is 0 Å². The van der Waals surface area contributed by atoms with Gasteiger partial charge in [0.05, 0.1) is 18.3 Å². The van der Waals surface area contributed by atoms with Crippen molar-refractivity contribution in [2.45, 2.75) is 19.8 Å². The van der Waals surface area contributed by atoms with Gasteiger partial charge in [0.25, 0.3) is 0 Å². The number of ether oxygens (including phenoxy) is 1. The molecule has 0 bridgehead atoms. The summed E-state index contributed by atoms with van der Waals surface area (Å²) in [7, 11) is -4.47. The van der Waals surface area contributed by atoms with Crippen LogP contribution in [0.5, 0.6) is 0 Å². The lowest BCUT2D eigenvalue weighted by atomic mass is 10.1. The normalized spacial score (nSPS) is 13.3. The minimum absolute atomic E-state index is 0.0651. The predicted molar refractivity (Wildman–Crippen MR) is 70.0 cm³/mol. The molecule has 0 radical (unpaired) electrons. The third-order valence-corrected chi connectivity index (χ3v) is 3.70. The van der Waals surface area contributed by atoms with E-state index in [0.717, 1.165) is 0 Å². The molecule has 2 N–H and O–H groups in total. The molecule has 8 heteroatoms. The molecule has 1 aromatic carbocycles. The Balaban J connectivity index is 2.94. The molecule has 0 fully saturated rings. The van der Waals surface area contributed by atoms with Crippen LogP contribution in [0.25, 0.3) is 0 Å². The summed E-state index contributed by atoms with van der Waals surface area (Å²) < 4.78 is 21.0. The van der Waals surface area contributed by atoms with Crippen LogP contribution in [0.3, 0.4) is 0 Å². The van der Waals surface area contributed by atoms with Gasteiger partial charge in [-0.05, 0) is 18.1 Å². The van der Waals surface area contributed by atoms with Crippen LogP contribution in [-0.2, 0) is 25.0 Å². The molecule has 0 aliphatic rings. The fraction of sp³-hybridized carbons (Fsp3) is 0.333. The quantitative estimate of drug-likeness (QED) is 0.607. The molecule has 0 saturated heterocycles. The number of benzene rings is 1. The van der Waals surface area contributed by atoms with Crippen LogP contribution < -0.4 is 5.30 Å². The van der Waals surface area contributed by atoms with E-state index in [2.05, 4.69) is 9.26 Å². The molecule has 1 aromatic rings. The number of hydrogen-bond donors (Lipinski definition) is 2. The number of hydrogen-bond acceptors (Lipinski definition) is 5. The molecule has 1 unspecified atom stereocenters. The summed E-state index contributed by atoms with van der Waals surface area (Å²) in [4.78, 5) is 31.7. The highest BCUT2D eigenvalue weighted by molar-refractivity contribution is 7.61. The Hall–Kier alpha value is -1.85. The van der Waals surface area contributed by atoms with Crippen molar-refractivity contribution >= 4 is 25.0 Å². The molecule has 110 valence electrons. The third kappa shape index (κ3) is 4.68. The first-order valence-electron chi connectivity index (χ1n) is 5.86. The van der Waals surface area contributed by atoms with E-state index in [4.69, 9.17) is 5.11 Å². The molecule has 0 aliphatic heterocycles. The molecule has 0 aromatic heterocycles. The van der Waals surface area contributed by atoms with E-state index in [1.807, 2.05) is 0 Å². The number of rotatable bonds is 6. The summed E-state index contributed by atoms with van der Waals surface area (Å²) in [5.74, 6) is -1.16. The standard InChI is InChI=1S/C12H15O7P/c1-2-7-18-12(15)19-20(16,17)10-6-4-3-5-9(10)8-11(13)14/h3-6H,2,7-8H2,1H3,(H,13,14)(H,16,17). The number of aliphatic carboxylic acids is 1. The lowest BCUT2D eigenvalue weighted by Gasteiger charge is -2.14. The summed E-state index contributed by atoms with van der Waals surface area (Å²) in [6, 6.07) is 5.60. The van der Waals surface area contributed by atoms with E-state index < -0.39 is 26.1 Å². The Bertz CT molecular complexity index is 540. The molecular formula is C12H15O7P. The highest BCUT2D eigenvalue weighted by Crippen LogP contribution is 2.42. The molecule has 1 atom stereocenters. The Morgan fingerprint density at radius 2 is 1.95 bits per heavy atom. The van der Waals surface area contributed by atoms with Crippen LogP contribution >= 0.6 is 7.60 Å². The maximum atomic E-state index is 12.0. The van der Waals surface area contributed by atoms with Crippen LogP contribution in [-0.4, -0.2) is 28.7 Å². The zero-order chi connectivity index (χ0) is 15.2. The average Bonchev–Trinajstić information content (AvgIpc) is 2.35. The van der Waals surface area contributed by atoms with Gasteiger partial charge in [-0.25, -0.2) is 9.36 Å². The lowest BCUT2D eigenvalue weighted by Crippen LogP contribution is -2.18. The second-order valence-electron chi connectivity index (χ2n) is 3.91. The van der Waals surface area contributed by atoms with Gasteiger partial charge in [0.1, 0.15) is 0 Å². The Morgan fingerprint density at radius 1 is 1.30 bits per heavy atom. The van der Waals surface area contributed by atoms with Gasteiger partial charge < -0.3 is 19.3 Å². The molecule has 0 saturated carbocycles. The fourth-order valence-electron chi connectivity index (χ4n) is 1.46. The molecule has 1 rings (SSSR count). The van der Waals surface area contributed by atoms with E-state index in [1.165, 1.54) is 24.3 Å². The van der Waals surface area contributed by atoms with E-state index in [9.17, 15) is 19.0 Å². The Kier molecular flexibility index (Phi) is 5.73. The van der Waals surface area contributed by atoms with Gasteiger partial charge in [-0.2, -0.15) is 0 Å². The van der Waals surface area contributed by atoms with Gasteiger partial charge in [-0.15, -0.1) is 0 Å². The van der Waals surface area contributed by atoms with E-state index in [1.54, 1.807) is 6.92 Å². The molecule has 7 nitrogen and oxygen atoms in total. The fourth-order valence-corrected chi connectivity index (χ4v) is 2.60. The number of carboxylic acid groups (broad SMARTS) is 1. The van der Waals surface area contributed by atoms with E-state index in [0.29, 0.717) is 6.42 Å². The Labute approximate surface area is 115 Å². The zero-order valence-corrected chi connectivity index (χ0v) is 11.7. The summed E-state index contributed by atoms with van der Waals surface area (Å²) in [5.41, 5.74) is 0.106. The van der Waals surface area contributed by atoms with Gasteiger partial charge >= 0.3 is 19.7 Å². The van der Waals surface area contributed by atoms with Crippen LogP contribution in [0.4, 0.5) is 4.79 Å². The summed E-state index contributed by atoms with van der Waals surface area (Å²) in [6.07, 6.45) is -1.17. The van der Waals surface area contributed by atoms with Crippen molar-refractivity contribution in [1.29, 1.82) is 0 Å². The van der Waals surface area contributed by atoms with Gasteiger partial charge in [-0.1, -0.05) is 25.1 Å². The number of carbonyl (C=O) groups excluding carboxylic acids is 1. The minimum Gasteiger partial charge on any atom is -0.481 e. The second-order valence-corrected chi connectivity index (χ2v) is 5.61. The summed E-state index contributed by atoms with van der Waals surface area (Å²) in [6.45, 7) is 1.82. The maximum absolute atomic E-state index is 12.0. The topological polar surface area (TPSA) is 110 Å². The molecule has 20 heavy (non-hydrogen) atoms. The van der Waals surface area contributed by atoms with Crippen LogP contribution in [0.1, 0.15) is 18.9 Å². The predicted octanol–water partition coefficient (Wildman–Crippen LogP) is 1.69. The van der Waals surface area contributed by atoms with Gasteiger partial charge in [0.2, 0.25) is 0 Å².